The molecule has 0 aliphatic rings. The summed E-state index contributed by atoms with van der Waals surface area (Å²) in [6.45, 7) is 3.15. The first kappa shape index (κ1) is 13.9. The van der Waals surface area contributed by atoms with E-state index in [9.17, 15) is 18.0 Å². The minimum atomic E-state index is -1.36. The predicted molar refractivity (Wildman–Crippen MR) is 67.6 cm³/mol. The number of hydrogen-bond donors (Lipinski definition) is 0. The van der Waals surface area contributed by atoms with Gasteiger partial charge in [0, 0.05) is 17.2 Å². The maximum atomic E-state index is 13.9. The minimum Gasteiger partial charge on any atom is -0.420 e. The van der Waals surface area contributed by atoms with Gasteiger partial charge >= 0.3 is 5.97 Å². The molecule has 0 radical (unpaired) electrons. The van der Waals surface area contributed by atoms with Crippen molar-refractivity contribution in [1.29, 1.82) is 0 Å². The van der Waals surface area contributed by atoms with Gasteiger partial charge in [-0.15, -0.1) is 0 Å². The summed E-state index contributed by atoms with van der Waals surface area (Å²) < 4.78 is 45.8. The number of halogens is 3. The van der Waals surface area contributed by atoms with E-state index in [4.69, 9.17) is 0 Å². The van der Waals surface area contributed by atoms with Crippen LogP contribution < -0.4 is 4.74 Å². The van der Waals surface area contributed by atoms with E-state index < -0.39 is 29.2 Å². The molecule has 2 rings (SSSR count). The smallest absolute Gasteiger partial charge is 0.335 e. The summed E-state index contributed by atoms with van der Waals surface area (Å²) in [5.74, 6) is -4.82. The molecule has 2 aromatic carbocycles. The molecule has 0 N–H and O–H groups in total. The van der Waals surface area contributed by atoms with Gasteiger partial charge < -0.3 is 4.74 Å². The molecule has 0 fully saturated rings. The second kappa shape index (κ2) is 5.61. The molecule has 2 aromatic rings. The van der Waals surface area contributed by atoms with Crippen molar-refractivity contribution in [2.45, 2.75) is 0 Å². The van der Waals surface area contributed by atoms with E-state index >= 15 is 0 Å². The summed E-state index contributed by atoms with van der Waals surface area (Å²) in [4.78, 5) is 11.0. The summed E-state index contributed by atoms with van der Waals surface area (Å²) in [5.41, 5.74) is -0.329. The SMILES string of the molecule is C=CC(=O)Oc1ccc(-c2ccccc2F)c(F)c1F. The van der Waals surface area contributed by atoms with Crippen LogP contribution in [-0.2, 0) is 4.79 Å². The van der Waals surface area contributed by atoms with Crippen LogP contribution in [0.2, 0.25) is 0 Å². The number of carbonyl (C=O) groups excluding carboxylic acids is 1. The Morgan fingerprint density at radius 3 is 2.35 bits per heavy atom. The van der Waals surface area contributed by atoms with Gasteiger partial charge in [-0.05, 0) is 18.2 Å². The molecule has 2 nitrogen and oxygen atoms in total. The van der Waals surface area contributed by atoms with Crippen LogP contribution in [0.4, 0.5) is 13.2 Å². The van der Waals surface area contributed by atoms with Crippen LogP contribution in [0.3, 0.4) is 0 Å². The fourth-order valence-corrected chi connectivity index (χ4v) is 1.65. The molecular formula is C15H9F3O2. The standard InChI is InChI=1S/C15H9F3O2/c1-2-13(19)20-12-8-7-10(14(17)15(12)18)9-5-3-4-6-11(9)16/h2-8H,1H2. The van der Waals surface area contributed by atoms with Crippen molar-refractivity contribution in [1.82, 2.24) is 0 Å². The summed E-state index contributed by atoms with van der Waals surface area (Å²) in [6.07, 6.45) is 0.822. The van der Waals surface area contributed by atoms with E-state index in [0.29, 0.717) is 0 Å². The fourth-order valence-electron chi connectivity index (χ4n) is 1.65. The van der Waals surface area contributed by atoms with E-state index in [2.05, 4.69) is 11.3 Å². The zero-order chi connectivity index (χ0) is 14.7. The molecule has 0 aliphatic heterocycles. The molecule has 0 aromatic heterocycles. The number of ether oxygens (including phenoxy) is 1. The Labute approximate surface area is 113 Å². The van der Waals surface area contributed by atoms with E-state index in [1.54, 1.807) is 0 Å². The molecule has 0 amide bonds. The highest BCUT2D eigenvalue weighted by atomic mass is 19.2. The van der Waals surface area contributed by atoms with Gasteiger partial charge in [-0.25, -0.2) is 13.6 Å². The third-order valence-electron chi connectivity index (χ3n) is 2.59. The first-order valence-electron chi connectivity index (χ1n) is 5.61. The molecule has 0 atom stereocenters. The third-order valence-corrected chi connectivity index (χ3v) is 2.59. The molecule has 0 spiro atoms. The predicted octanol–water partition coefficient (Wildman–Crippen LogP) is 3.86. The summed E-state index contributed by atoms with van der Waals surface area (Å²) in [5, 5.41) is 0. The number of carbonyl (C=O) groups is 1. The average molecular weight is 278 g/mol. The molecular weight excluding hydrogens is 269 g/mol. The molecule has 0 saturated heterocycles. The Morgan fingerprint density at radius 2 is 1.70 bits per heavy atom. The van der Waals surface area contributed by atoms with Gasteiger partial charge in [0.2, 0.25) is 5.82 Å². The quantitative estimate of drug-likeness (QED) is 0.484. The lowest BCUT2D eigenvalue weighted by Gasteiger charge is -2.09. The monoisotopic (exact) mass is 278 g/mol. The van der Waals surface area contributed by atoms with Crippen LogP contribution >= 0.6 is 0 Å². The zero-order valence-corrected chi connectivity index (χ0v) is 10.2. The topological polar surface area (TPSA) is 26.3 Å². The molecule has 0 saturated carbocycles. The largest absolute Gasteiger partial charge is 0.420 e. The van der Waals surface area contributed by atoms with Crippen LogP contribution in [0.25, 0.3) is 11.1 Å². The molecule has 0 aliphatic carbocycles. The minimum absolute atomic E-state index is 0.0782. The fraction of sp³-hybridized carbons (Fsp3) is 0. The van der Waals surface area contributed by atoms with Crippen molar-refractivity contribution in [3.05, 3.63) is 66.5 Å². The van der Waals surface area contributed by atoms with Crippen LogP contribution in [-0.4, -0.2) is 5.97 Å². The van der Waals surface area contributed by atoms with Crippen molar-refractivity contribution in [2.75, 3.05) is 0 Å². The Bertz CT molecular complexity index is 681. The Kier molecular flexibility index (Phi) is 3.89. The maximum absolute atomic E-state index is 13.9. The number of hydrogen-bond acceptors (Lipinski definition) is 2. The van der Waals surface area contributed by atoms with Crippen molar-refractivity contribution >= 4 is 5.97 Å². The van der Waals surface area contributed by atoms with Gasteiger partial charge in [0.15, 0.2) is 11.6 Å². The van der Waals surface area contributed by atoms with Crippen LogP contribution in [0, 0.1) is 17.5 Å². The van der Waals surface area contributed by atoms with Crippen molar-refractivity contribution in [3.8, 4) is 16.9 Å². The number of esters is 1. The molecule has 0 bridgehead atoms. The van der Waals surface area contributed by atoms with Crippen LogP contribution in [0.1, 0.15) is 0 Å². The second-order valence-corrected chi connectivity index (χ2v) is 3.84. The highest BCUT2D eigenvalue weighted by molar-refractivity contribution is 5.83. The average Bonchev–Trinajstić information content (AvgIpc) is 2.45. The first-order valence-corrected chi connectivity index (χ1v) is 5.61. The van der Waals surface area contributed by atoms with Crippen molar-refractivity contribution in [2.24, 2.45) is 0 Å². The lowest BCUT2D eigenvalue weighted by atomic mass is 10.0. The van der Waals surface area contributed by atoms with Gasteiger partial charge in [-0.1, -0.05) is 24.8 Å². The summed E-state index contributed by atoms with van der Waals surface area (Å²) in [7, 11) is 0. The molecule has 0 unspecified atom stereocenters. The molecule has 102 valence electrons. The normalized spacial score (nSPS) is 10.2. The van der Waals surface area contributed by atoms with Gasteiger partial charge in [0.05, 0.1) is 0 Å². The number of benzene rings is 2. The lowest BCUT2D eigenvalue weighted by molar-refractivity contribution is -0.129. The first-order chi connectivity index (χ1) is 9.54. The molecule has 0 heterocycles. The Morgan fingerprint density at radius 1 is 1.00 bits per heavy atom. The van der Waals surface area contributed by atoms with E-state index in [1.165, 1.54) is 18.2 Å². The molecule has 5 heteroatoms. The zero-order valence-electron chi connectivity index (χ0n) is 10.2. The molecule has 20 heavy (non-hydrogen) atoms. The van der Waals surface area contributed by atoms with Gasteiger partial charge in [-0.2, -0.15) is 4.39 Å². The van der Waals surface area contributed by atoms with E-state index in [0.717, 1.165) is 24.3 Å². The summed E-state index contributed by atoms with van der Waals surface area (Å²) in [6, 6.07) is 7.60. The highest BCUT2D eigenvalue weighted by Gasteiger charge is 2.18. The highest BCUT2D eigenvalue weighted by Crippen LogP contribution is 2.31. The van der Waals surface area contributed by atoms with Gasteiger partial charge in [0.25, 0.3) is 0 Å². The van der Waals surface area contributed by atoms with Crippen molar-refractivity contribution < 1.29 is 22.7 Å². The second-order valence-electron chi connectivity index (χ2n) is 3.84. The van der Waals surface area contributed by atoms with Gasteiger partial charge in [0.1, 0.15) is 5.82 Å². The van der Waals surface area contributed by atoms with E-state index in [-0.39, 0.29) is 11.1 Å². The van der Waals surface area contributed by atoms with Gasteiger partial charge in [-0.3, -0.25) is 0 Å². The lowest BCUT2D eigenvalue weighted by Crippen LogP contribution is -2.06. The number of rotatable bonds is 3. The Hall–Kier alpha value is -2.56. The summed E-state index contributed by atoms with van der Waals surface area (Å²) >= 11 is 0. The van der Waals surface area contributed by atoms with Crippen LogP contribution in [0.15, 0.2) is 49.1 Å². The Balaban J connectivity index is 2.49. The van der Waals surface area contributed by atoms with Crippen molar-refractivity contribution in [3.63, 3.8) is 0 Å². The van der Waals surface area contributed by atoms with E-state index in [1.807, 2.05) is 0 Å². The van der Waals surface area contributed by atoms with Crippen LogP contribution in [0.5, 0.6) is 5.75 Å². The maximum Gasteiger partial charge on any atom is 0.335 e. The third kappa shape index (κ3) is 2.56.